The third-order valence-electron chi connectivity index (χ3n) is 3.52. The number of hydrogen-bond donors (Lipinski definition) is 1. The Bertz CT molecular complexity index is 714. The molecule has 1 aliphatic rings. The number of sulfone groups is 1. The van der Waals surface area contributed by atoms with Crippen LogP contribution < -0.4 is 5.32 Å². The fourth-order valence-electron chi connectivity index (χ4n) is 2.54. The minimum absolute atomic E-state index is 0.0810. The van der Waals surface area contributed by atoms with Crippen molar-refractivity contribution in [2.24, 2.45) is 0 Å². The molecule has 0 radical (unpaired) electrons. The van der Waals surface area contributed by atoms with Crippen LogP contribution in [-0.2, 0) is 9.84 Å². The van der Waals surface area contributed by atoms with E-state index in [1.165, 1.54) is 4.90 Å². The standard InChI is InChI=1S/C16H17NO2S2/c18-21(19)12-15(14-8-4-5-9-16(14)21)17-10-11-20-13-6-2-1-3-7-13/h1-9,15,17H,10-12H2. The molecule has 0 saturated heterocycles. The average molecular weight is 319 g/mol. The van der Waals surface area contributed by atoms with Gasteiger partial charge in [-0.05, 0) is 23.8 Å². The van der Waals surface area contributed by atoms with Crippen LogP contribution >= 0.6 is 11.8 Å². The van der Waals surface area contributed by atoms with Gasteiger partial charge in [-0.25, -0.2) is 8.42 Å². The van der Waals surface area contributed by atoms with Gasteiger partial charge in [0, 0.05) is 23.2 Å². The maximum absolute atomic E-state index is 12.1. The third-order valence-corrected chi connectivity index (χ3v) is 6.35. The smallest absolute Gasteiger partial charge is 0.180 e. The molecule has 3 rings (SSSR count). The molecule has 0 amide bonds. The molecule has 1 atom stereocenters. The first-order valence-electron chi connectivity index (χ1n) is 6.90. The quantitative estimate of drug-likeness (QED) is 0.680. The Morgan fingerprint density at radius 2 is 1.76 bits per heavy atom. The van der Waals surface area contributed by atoms with Gasteiger partial charge in [-0.3, -0.25) is 0 Å². The third kappa shape index (κ3) is 3.31. The van der Waals surface area contributed by atoms with E-state index in [0.717, 1.165) is 17.9 Å². The van der Waals surface area contributed by atoms with Crippen LogP contribution in [0.4, 0.5) is 0 Å². The summed E-state index contributed by atoms with van der Waals surface area (Å²) in [4.78, 5) is 1.72. The second kappa shape index (κ2) is 6.22. The minimum atomic E-state index is -3.11. The Labute approximate surface area is 129 Å². The maximum Gasteiger partial charge on any atom is 0.180 e. The Morgan fingerprint density at radius 3 is 2.57 bits per heavy atom. The van der Waals surface area contributed by atoms with E-state index in [1.54, 1.807) is 23.9 Å². The molecular weight excluding hydrogens is 302 g/mol. The predicted octanol–water partition coefficient (Wildman–Crippen LogP) is 2.90. The first kappa shape index (κ1) is 14.6. The lowest BCUT2D eigenvalue weighted by Crippen LogP contribution is -2.25. The lowest BCUT2D eigenvalue weighted by atomic mass is 10.1. The molecule has 0 aromatic heterocycles. The molecule has 21 heavy (non-hydrogen) atoms. The molecular formula is C16H17NO2S2. The Morgan fingerprint density at radius 1 is 1.05 bits per heavy atom. The number of benzene rings is 2. The zero-order valence-electron chi connectivity index (χ0n) is 11.5. The molecule has 2 aromatic carbocycles. The summed E-state index contributed by atoms with van der Waals surface area (Å²) < 4.78 is 24.1. The molecule has 3 nitrogen and oxygen atoms in total. The van der Waals surface area contributed by atoms with Gasteiger partial charge in [0.25, 0.3) is 0 Å². The van der Waals surface area contributed by atoms with Crippen LogP contribution in [-0.4, -0.2) is 26.5 Å². The summed E-state index contributed by atoms with van der Waals surface area (Å²) in [6.45, 7) is 0.786. The van der Waals surface area contributed by atoms with E-state index in [9.17, 15) is 8.42 Å². The number of nitrogens with one attached hydrogen (secondary N) is 1. The van der Waals surface area contributed by atoms with Gasteiger partial charge < -0.3 is 5.32 Å². The summed E-state index contributed by atoms with van der Waals surface area (Å²) in [7, 11) is -3.11. The van der Waals surface area contributed by atoms with Crippen molar-refractivity contribution in [2.45, 2.75) is 15.8 Å². The van der Waals surface area contributed by atoms with Crippen molar-refractivity contribution in [3.8, 4) is 0 Å². The van der Waals surface area contributed by atoms with Crippen LogP contribution in [0.1, 0.15) is 11.6 Å². The highest BCUT2D eigenvalue weighted by atomic mass is 32.2. The fraction of sp³-hybridized carbons (Fsp3) is 0.250. The van der Waals surface area contributed by atoms with Crippen molar-refractivity contribution in [1.82, 2.24) is 5.32 Å². The van der Waals surface area contributed by atoms with Crippen molar-refractivity contribution >= 4 is 21.6 Å². The maximum atomic E-state index is 12.1. The minimum Gasteiger partial charge on any atom is -0.308 e. The van der Waals surface area contributed by atoms with E-state index in [1.807, 2.05) is 30.3 Å². The lowest BCUT2D eigenvalue weighted by molar-refractivity contribution is 0.580. The van der Waals surface area contributed by atoms with Crippen LogP contribution in [0.15, 0.2) is 64.4 Å². The molecule has 0 fully saturated rings. The number of rotatable bonds is 5. The Hall–Kier alpha value is -1.30. The largest absolute Gasteiger partial charge is 0.308 e. The van der Waals surface area contributed by atoms with E-state index in [-0.39, 0.29) is 11.8 Å². The molecule has 110 valence electrons. The number of thioether (sulfide) groups is 1. The summed E-state index contributed by atoms with van der Waals surface area (Å²) in [6.07, 6.45) is 0. The van der Waals surface area contributed by atoms with Crippen molar-refractivity contribution < 1.29 is 8.42 Å². The molecule has 2 aromatic rings. The van der Waals surface area contributed by atoms with Gasteiger partial charge in [-0.2, -0.15) is 0 Å². The summed E-state index contributed by atoms with van der Waals surface area (Å²) in [5.74, 6) is 1.09. The second-order valence-electron chi connectivity index (χ2n) is 4.99. The van der Waals surface area contributed by atoms with Crippen molar-refractivity contribution in [3.63, 3.8) is 0 Å². The molecule has 0 aliphatic carbocycles. The molecule has 0 bridgehead atoms. The second-order valence-corrected chi connectivity index (χ2v) is 8.16. The van der Waals surface area contributed by atoms with E-state index < -0.39 is 9.84 Å². The SMILES string of the molecule is O=S1(=O)CC(NCCSc2ccccc2)c2ccccc21. The normalized spacial score (nSPS) is 19.3. The molecule has 1 heterocycles. The first-order valence-corrected chi connectivity index (χ1v) is 9.53. The van der Waals surface area contributed by atoms with Crippen LogP contribution in [0.25, 0.3) is 0 Å². The van der Waals surface area contributed by atoms with Crippen molar-refractivity contribution in [3.05, 3.63) is 60.2 Å². The lowest BCUT2D eigenvalue weighted by Gasteiger charge is -2.12. The van der Waals surface area contributed by atoms with Gasteiger partial charge in [-0.1, -0.05) is 36.4 Å². The Balaban J connectivity index is 1.58. The predicted molar refractivity (Wildman–Crippen MR) is 86.4 cm³/mol. The monoisotopic (exact) mass is 319 g/mol. The van der Waals surface area contributed by atoms with Crippen LogP contribution in [0.2, 0.25) is 0 Å². The van der Waals surface area contributed by atoms with Crippen LogP contribution in [0.5, 0.6) is 0 Å². The van der Waals surface area contributed by atoms with Gasteiger partial charge in [0.1, 0.15) is 0 Å². The summed E-state index contributed by atoms with van der Waals surface area (Å²) >= 11 is 1.77. The molecule has 0 spiro atoms. The summed E-state index contributed by atoms with van der Waals surface area (Å²) in [5.41, 5.74) is 0.905. The van der Waals surface area contributed by atoms with E-state index in [4.69, 9.17) is 0 Å². The highest BCUT2D eigenvalue weighted by molar-refractivity contribution is 7.99. The zero-order valence-corrected chi connectivity index (χ0v) is 13.2. The highest BCUT2D eigenvalue weighted by Gasteiger charge is 2.33. The van der Waals surface area contributed by atoms with Crippen LogP contribution in [0.3, 0.4) is 0 Å². The first-order chi connectivity index (χ1) is 10.2. The number of fused-ring (bicyclic) bond motifs is 1. The van der Waals surface area contributed by atoms with Gasteiger partial charge in [0.05, 0.1) is 10.6 Å². The van der Waals surface area contributed by atoms with Gasteiger partial charge in [0.15, 0.2) is 9.84 Å². The van der Waals surface area contributed by atoms with Crippen molar-refractivity contribution in [2.75, 3.05) is 18.1 Å². The van der Waals surface area contributed by atoms with E-state index in [2.05, 4.69) is 17.4 Å². The molecule has 1 unspecified atom stereocenters. The van der Waals surface area contributed by atoms with Gasteiger partial charge in [0.2, 0.25) is 0 Å². The molecule has 5 heteroatoms. The number of hydrogen-bond acceptors (Lipinski definition) is 4. The molecule has 0 saturated carbocycles. The van der Waals surface area contributed by atoms with Gasteiger partial charge >= 0.3 is 0 Å². The fourth-order valence-corrected chi connectivity index (χ4v) is 5.11. The molecule has 1 N–H and O–H groups in total. The topological polar surface area (TPSA) is 46.2 Å². The van der Waals surface area contributed by atoms with E-state index in [0.29, 0.717) is 4.90 Å². The average Bonchev–Trinajstić information content (AvgIpc) is 2.77. The van der Waals surface area contributed by atoms with E-state index >= 15 is 0 Å². The van der Waals surface area contributed by atoms with Gasteiger partial charge in [-0.15, -0.1) is 11.8 Å². The van der Waals surface area contributed by atoms with Crippen LogP contribution in [0, 0.1) is 0 Å². The molecule has 1 aliphatic heterocycles. The summed E-state index contributed by atoms with van der Waals surface area (Å²) in [5, 5.41) is 3.36. The Kier molecular flexibility index (Phi) is 4.33. The zero-order chi connectivity index (χ0) is 14.7. The van der Waals surface area contributed by atoms with Crippen molar-refractivity contribution in [1.29, 1.82) is 0 Å². The highest BCUT2D eigenvalue weighted by Crippen LogP contribution is 2.32. The summed E-state index contributed by atoms with van der Waals surface area (Å²) in [6, 6.07) is 17.4.